The van der Waals surface area contributed by atoms with Crippen LogP contribution in [0.3, 0.4) is 0 Å². The number of nitrogens with one attached hydrogen (secondary N) is 1. The van der Waals surface area contributed by atoms with E-state index in [1.807, 2.05) is 18.2 Å². The van der Waals surface area contributed by atoms with Crippen molar-refractivity contribution < 1.29 is 13.9 Å². The van der Waals surface area contributed by atoms with Crippen LogP contribution in [0.4, 0.5) is 9.18 Å². The number of epoxide rings is 1. The van der Waals surface area contributed by atoms with Crippen LogP contribution >= 0.6 is 23.8 Å². The van der Waals surface area contributed by atoms with Gasteiger partial charge < -0.3 is 10.1 Å². The summed E-state index contributed by atoms with van der Waals surface area (Å²) in [5.74, 6) is -0.339. The summed E-state index contributed by atoms with van der Waals surface area (Å²) in [6.45, 7) is 0.247. The molecule has 0 bridgehead atoms. The predicted octanol–water partition coefficient (Wildman–Crippen LogP) is 4.06. The van der Waals surface area contributed by atoms with Gasteiger partial charge in [-0.2, -0.15) is 5.10 Å². The minimum atomic E-state index is -0.821. The molecule has 2 heterocycles. The molecule has 1 amide bonds. The quantitative estimate of drug-likeness (QED) is 0.512. The Bertz CT molecular complexity index is 1100. The van der Waals surface area contributed by atoms with E-state index in [9.17, 15) is 9.18 Å². The van der Waals surface area contributed by atoms with Gasteiger partial charge in [-0.15, -0.1) is 0 Å². The van der Waals surface area contributed by atoms with Gasteiger partial charge in [-0.05, 0) is 36.0 Å². The summed E-state index contributed by atoms with van der Waals surface area (Å²) < 4.78 is 22.6. The number of benzene rings is 2. The summed E-state index contributed by atoms with van der Waals surface area (Å²) in [6, 6.07) is 13.1. The zero-order chi connectivity index (χ0) is 19.9. The molecule has 4 rings (SSSR count). The van der Waals surface area contributed by atoms with E-state index in [4.69, 9.17) is 28.6 Å². The number of ether oxygens (including phenoxy) is 1. The minimum absolute atomic E-state index is 0.231. The molecule has 0 saturated carbocycles. The first-order valence-corrected chi connectivity index (χ1v) is 9.30. The maximum atomic E-state index is 13.5. The Hall–Kier alpha value is -2.55. The number of carbonyl (C=O) groups is 1. The first-order chi connectivity index (χ1) is 13.5. The molecule has 3 aromatic rings. The van der Waals surface area contributed by atoms with Crippen molar-refractivity contribution in [3.63, 3.8) is 0 Å². The van der Waals surface area contributed by atoms with Gasteiger partial charge in [0.1, 0.15) is 23.8 Å². The number of rotatable bonds is 4. The van der Waals surface area contributed by atoms with E-state index in [2.05, 4.69) is 10.4 Å². The molecule has 1 N–H and O–H groups in total. The van der Waals surface area contributed by atoms with Gasteiger partial charge in [0.15, 0.2) is 0 Å². The van der Waals surface area contributed by atoms with Gasteiger partial charge in [0.05, 0.1) is 6.54 Å². The molecule has 28 heavy (non-hydrogen) atoms. The van der Waals surface area contributed by atoms with Gasteiger partial charge in [0.2, 0.25) is 4.77 Å². The van der Waals surface area contributed by atoms with E-state index < -0.39 is 5.60 Å². The Balaban J connectivity index is 1.75. The van der Waals surface area contributed by atoms with Crippen molar-refractivity contribution in [1.29, 1.82) is 0 Å². The Morgan fingerprint density at radius 1 is 1.32 bits per heavy atom. The second kappa shape index (κ2) is 7.12. The first-order valence-electron chi connectivity index (χ1n) is 8.51. The van der Waals surface area contributed by atoms with E-state index in [0.717, 1.165) is 11.1 Å². The van der Waals surface area contributed by atoms with Crippen LogP contribution in [0, 0.1) is 10.6 Å². The van der Waals surface area contributed by atoms with Gasteiger partial charge in [-0.25, -0.2) is 18.4 Å². The fourth-order valence-electron chi connectivity index (χ4n) is 3.27. The summed E-state index contributed by atoms with van der Waals surface area (Å²) in [6.07, 6.45) is 1.01. The molecule has 1 fully saturated rings. The average molecular weight is 419 g/mol. The second-order valence-electron chi connectivity index (χ2n) is 6.41. The molecular formula is C19H16ClFN4O2S. The third-order valence-electron chi connectivity index (χ3n) is 4.77. The van der Waals surface area contributed by atoms with Crippen molar-refractivity contribution in [3.8, 4) is 0 Å². The summed E-state index contributed by atoms with van der Waals surface area (Å²) >= 11 is 11.7. The molecule has 1 aliphatic heterocycles. The van der Waals surface area contributed by atoms with E-state index in [-0.39, 0.29) is 29.3 Å². The molecule has 1 aliphatic rings. The van der Waals surface area contributed by atoms with Crippen LogP contribution in [0.2, 0.25) is 5.02 Å². The molecular weight excluding hydrogens is 403 g/mol. The number of halogens is 2. The zero-order valence-corrected chi connectivity index (χ0v) is 16.4. The highest BCUT2D eigenvalue weighted by molar-refractivity contribution is 7.71. The maximum absolute atomic E-state index is 13.5. The number of aromatic nitrogens is 3. The van der Waals surface area contributed by atoms with E-state index in [1.165, 1.54) is 34.8 Å². The third kappa shape index (κ3) is 3.13. The average Bonchev–Trinajstić information content (AvgIpc) is 3.31. The van der Waals surface area contributed by atoms with Crippen molar-refractivity contribution in [2.24, 2.45) is 0 Å². The maximum Gasteiger partial charge on any atom is 0.328 e. The Kier molecular flexibility index (Phi) is 4.78. The first kappa shape index (κ1) is 18.8. The van der Waals surface area contributed by atoms with Gasteiger partial charge in [-0.3, -0.25) is 0 Å². The molecule has 1 saturated heterocycles. The van der Waals surface area contributed by atoms with Crippen molar-refractivity contribution in [2.45, 2.75) is 18.2 Å². The highest BCUT2D eigenvalue weighted by atomic mass is 35.5. The number of hydrogen-bond acceptors (Lipinski definition) is 4. The summed E-state index contributed by atoms with van der Waals surface area (Å²) in [5, 5.41) is 7.32. The van der Waals surface area contributed by atoms with E-state index in [1.54, 1.807) is 18.2 Å². The Morgan fingerprint density at radius 3 is 2.71 bits per heavy atom. The molecule has 6 nitrogen and oxygen atoms in total. The molecule has 1 aromatic heterocycles. The summed E-state index contributed by atoms with van der Waals surface area (Å²) in [4.78, 5) is 11.9. The normalized spacial score (nSPS) is 20.8. The van der Waals surface area contributed by atoms with Crippen molar-refractivity contribution in [1.82, 2.24) is 19.7 Å². The highest BCUT2D eigenvalue weighted by Crippen LogP contribution is 2.59. The lowest BCUT2D eigenvalue weighted by atomic mass is 9.91. The summed E-state index contributed by atoms with van der Waals surface area (Å²) in [5.41, 5.74) is 0.777. The van der Waals surface area contributed by atoms with Crippen molar-refractivity contribution in [3.05, 3.63) is 81.6 Å². The lowest BCUT2D eigenvalue weighted by Gasteiger charge is -2.14. The van der Waals surface area contributed by atoms with Gasteiger partial charge in [-0.1, -0.05) is 41.9 Å². The van der Waals surface area contributed by atoms with Crippen LogP contribution in [0.5, 0.6) is 0 Å². The molecule has 2 aromatic carbocycles. The Labute approximate surface area is 170 Å². The van der Waals surface area contributed by atoms with Crippen molar-refractivity contribution >= 4 is 29.8 Å². The topological polar surface area (TPSA) is 64.4 Å². The largest absolute Gasteiger partial charge is 0.354 e. The molecule has 0 radical (unpaired) electrons. The van der Waals surface area contributed by atoms with Crippen LogP contribution in [-0.2, 0) is 16.9 Å². The van der Waals surface area contributed by atoms with Crippen LogP contribution in [-0.4, -0.2) is 27.4 Å². The monoisotopic (exact) mass is 418 g/mol. The van der Waals surface area contributed by atoms with Crippen LogP contribution in [0.15, 0.2) is 54.9 Å². The molecule has 2 unspecified atom stereocenters. The number of amides is 1. The van der Waals surface area contributed by atoms with Crippen molar-refractivity contribution in [2.75, 3.05) is 7.05 Å². The number of carbonyl (C=O) groups excluding carboxylic acids is 1. The lowest BCUT2D eigenvalue weighted by Crippen LogP contribution is -2.25. The third-order valence-corrected chi connectivity index (χ3v) is 5.52. The molecule has 9 heteroatoms. The lowest BCUT2D eigenvalue weighted by molar-refractivity contribution is 0.243. The molecule has 0 spiro atoms. The molecule has 144 valence electrons. The Morgan fingerprint density at radius 2 is 2.04 bits per heavy atom. The van der Waals surface area contributed by atoms with Crippen LogP contribution in [0.25, 0.3) is 0 Å². The van der Waals surface area contributed by atoms with Gasteiger partial charge >= 0.3 is 6.03 Å². The van der Waals surface area contributed by atoms with Crippen LogP contribution in [0.1, 0.15) is 17.2 Å². The predicted molar refractivity (Wildman–Crippen MR) is 104 cm³/mol. The van der Waals surface area contributed by atoms with E-state index >= 15 is 0 Å². The van der Waals surface area contributed by atoms with E-state index in [0.29, 0.717) is 5.02 Å². The fourth-order valence-corrected chi connectivity index (χ4v) is 3.75. The fraction of sp³-hybridized carbons (Fsp3) is 0.211. The van der Waals surface area contributed by atoms with Crippen LogP contribution < -0.4 is 5.32 Å². The van der Waals surface area contributed by atoms with Gasteiger partial charge in [0.25, 0.3) is 0 Å². The summed E-state index contributed by atoms with van der Waals surface area (Å²) in [7, 11) is 1.51. The smallest absolute Gasteiger partial charge is 0.328 e. The minimum Gasteiger partial charge on any atom is -0.354 e. The molecule has 0 aliphatic carbocycles. The zero-order valence-electron chi connectivity index (χ0n) is 14.8. The molecule has 2 atom stereocenters. The highest BCUT2D eigenvalue weighted by Gasteiger charge is 2.59. The standard InChI is InChI=1S/C19H16ClFN4O2S/c1-22-17(26)24-11-23-25(18(24)28)10-19(12-6-8-13(21)9-7-12)16(27-19)14-4-2-3-5-15(14)20/h2-9,11,16H,10H2,1H3,(H,22,26). The number of hydrogen-bond donors (Lipinski definition) is 1. The SMILES string of the molecule is CNC(=O)n1cnn(CC2(c3ccc(F)cc3)OC2c2ccccc2Cl)c1=S. The van der Waals surface area contributed by atoms with Gasteiger partial charge in [0, 0.05) is 17.6 Å². The number of nitrogens with zero attached hydrogens (tertiary/aromatic N) is 3. The second-order valence-corrected chi connectivity index (χ2v) is 7.18.